The Hall–Kier alpha value is 0.800. The maximum Gasteiger partial charge on any atom is 0.0870 e. The van der Waals surface area contributed by atoms with Crippen LogP contribution >= 0.6 is 31.9 Å². The molecule has 2 unspecified atom stereocenters. The molecule has 0 aromatic heterocycles. The topological polar surface area (TPSA) is 58.9 Å². The number of halogens is 2. The average Bonchev–Trinajstić information content (AvgIpc) is 2.49. The van der Waals surface area contributed by atoms with E-state index in [9.17, 15) is 10.2 Å². The molecule has 4 nitrogen and oxygen atoms in total. The third-order valence-electron chi connectivity index (χ3n) is 5.47. The summed E-state index contributed by atoms with van der Waals surface area (Å²) in [6.07, 6.45) is 5.72. The standard InChI is InChI=1S/C16H26Br2O4/c17-6-13(19)8-21-15-2-11-1-12(4-15)5-16(3-11,10-15)22-9-14(20)7-18/h11-14,19-20H,1-10H2. The van der Waals surface area contributed by atoms with Crippen LogP contribution in [0, 0.1) is 11.8 Å². The predicted octanol–water partition coefficient (Wildman–Crippen LogP) is 2.62. The van der Waals surface area contributed by atoms with Crippen molar-refractivity contribution in [3.63, 3.8) is 0 Å². The van der Waals surface area contributed by atoms with Gasteiger partial charge in [0.15, 0.2) is 0 Å². The Morgan fingerprint density at radius 2 is 1.27 bits per heavy atom. The first-order chi connectivity index (χ1) is 10.5. The van der Waals surface area contributed by atoms with Crippen LogP contribution in [0.15, 0.2) is 0 Å². The van der Waals surface area contributed by atoms with Crippen molar-refractivity contribution in [2.75, 3.05) is 23.9 Å². The van der Waals surface area contributed by atoms with E-state index in [1.807, 2.05) is 0 Å². The quantitative estimate of drug-likeness (QED) is 0.568. The van der Waals surface area contributed by atoms with Crippen molar-refractivity contribution in [3.8, 4) is 0 Å². The van der Waals surface area contributed by atoms with Gasteiger partial charge in [0.05, 0.1) is 36.6 Å². The number of aliphatic hydroxyl groups excluding tert-OH is 2. The summed E-state index contributed by atoms with van der Waals surface area (Å²) in [7, 11) is 0. The highest BCUT2D eigenvalue weighted by atomic mass is 79.9. The SMILES string of the molecule is OC(CBr)COC12CC3CC(C1)CC(OCC(O)CBr)(C3)C2. The largest absolute Gasteiger partial charge is 0.390 e. The fourth-order valence-electron chi connectivity index (χ4n) is 5.07. The van der Waals surface area contributed by atoms with Gasteiger partial charge in [-0.2, -0.15) is 0 Å². The van der Waals surface area contributed by atoms with E-state index in [1.54, 1.807) is 0 Å². The first-order valence-electron chi connectivity index (χ1n) is 8.24. The summed E-state index contributed by atoms with van der Waals surface area (Å²) in [6.45, 7) is 0.787. The molecule has 0 amide bonds. The van der Waals surface area contributed by atoms with Gasteiger partial charge in [0.2, 0.25) is 0 Å². The summed E-state index contributed by atoms with van der Waals surface area (Å²) in [5.41, 5.74) is -0.237. The molecule has 128 valence electrons. The second-order valence-corrected chi connectivity index (χ2v) is 8.86. The average molecular weight is 442 g/mol. The molecule has 4 fully saturated rings. The maximum atomic E-state index is 9.79. The summed E-state index contributed by atoms with van der Waals surface area (Å²) in [4.78, 5) is 0. The fraction of sp³-hybridized carbons (Fsp3) is 1.00. The molecule has 4 bridgehead atoms. The molecular weight excluding hydrogens is 416 g/mol. The molecule has 4 aliphatic rings. The van der Waals surface area contributed by atoms with Crippen LogP contribution in [0.25, 0.3) is 0 Å². The minimum atomic E-state index is -0.444. The number of hydrogen-bond donors (Lipinski definition) is 2. The van der Waals surface area contributed by atoms with E-state index < -0.39 is 12.2 Å². The third-order valence-corrected chi connectivity index (χ3v) is 6.97. The van der Waals surface area contributed by atoms with Gasteiger partial charge in [-0.3, -0.25) is 0 Å². The zero-order valence-corrected chi connectivity index (χ0v) is 16.0. The number of ether oxygens (including phenoxy) is 2. The van der Waals surface area contributed by atoms with Crippen molar-refractivity contribution in [3.05, 3.63) is 0 Å². The lowest BCUT2D eigenvalue weighted by atomic mass is 9.52. The van der Waals surface area contributed by atoms with Crippen LogP contribution in [0.1, 0.15) is 38.5 Å². The van der Waals surface area contributed by atoms with E-state index in [0.717, 1.165) is 32.1 Å². The molecule has 2 N–H and O–H groups in total. The van der Waals surface area contributed by atoms with Crippen LogP contribution in [0.3, 0.4) is 0 Å². The Labute approximate surface area is 149 Å². The van der Waals surface area contributed by atoms with E-state index in [-0.39, 0.29) is 11.2 Å². The zero-order valence-electron chi connectivity index (χ0n) is 12.8. The highest BCUT2D eigenvalue weighted by Gasteiger charge is 2.59. The van der Waals surface area contributed by atoms with Crippen molar-refractivity contribution < 1.29 is 19.7 Å². The molecule has 0 heterocycles. The maximum absolute atomic E-state index is 9.79. The first-order valence-corrected chi connectivity index (χ1v) is 10.5. The molecule has 0 aliphatic heterocycles. The second-order valence-electron chi connectivity index (χ2n) is 7.57. The van der Waals surface area contributed by atoms with E-state index in [4.69, 9.17) is 9.47 Å². The van der Waals surface area contributed by atoms with E-state index >= 15 is 0 Å². The Kier molecular flexibility index (Phi) is 5.58. The van der Waals surface area contributed by atoms with Crippen LogP contribution in [0.5, 0.6) is 0 Å². The monoisotopic (exact) mass is 440 g/mol. The Bertz CT molecular complexity index is 346. The van der Waals surface area contributed by atoms with Gasteiger partial charge in [0.1, 0.15) is 0 Å². The lowest BCUT2D eigenvalue weighted by Gasteiger charge is -2.61. The fourth-order valence-corrected chi connectivity index (χ4v) is 5.44. The van der Waals surface area contributed by atoms with Crippen LogP contribution < -0.4 is 0 Å². The summed E-state index contributed by atoms with van der Waals surface area (Å²) in [5, 5.41) is 20.7. The zero-order chi connectivity index (χ0) is 15.8. The van der Waals surface area contributed by atoms with Gasteiger partial charge in [-0.25, -0.2) is 0 Å². The van der Waals surface area contributed by atoms with Gasteiger partial charge in [0, 0.05) is 17.1 Å². The second kappa shape index (κ2) is 6.96. The molecule has 0 spiro atoms. The van der Waals surface area contributed by atoms with E-state index in [0.29, 0.717) is 35.7 Å². The van der Waals surface area contributed by atoms with Crippen LogP contribution in [-0.2, 0) is 9.47 Å². The third kappa shape index (κ3) is 3.72. The summed E-state index contributed by atoms with van der Waals surface area (Å²) in [5.74, 6) is 1.34. The predicted molar refractivity (Wildman–Crippen MR) is 91.6 cm³/mol. The molecule has 6 heteroatoms. The molecule has 4 saturated carbocycles. The van der Waals surface area contributed by atoms with E-state index in [2.05, 4.69) is 31.9 Å². The highest BCUT2D eigenvalue weighted by Crippen LogP contribution is 2.60. The van der Waals surface area contributed by atoms with Gasteiger partial charge >= 0.3 is 0 Å². The molecule has 0 radical (unpaired) electrons. The van der Waals surface area contributed by atoms with E-state index in [1.165, 1.54) is 6.42 Å². The van der Waals surface area contributed by atoms with Gasteiger partial charge in [0.25, 0.3) is 0 Å². The van der Waals surface area contributed by atoms with Gasteiger partial charge in [-0.15, -0.1) is 0 Å². The summed E-state index contributed by atoms with van der Waals surface area (Å²) >= 11 is 6.60. The molecule has 0 aromatic rings. The molecule has 22 heavy (non-hydrogen) atoms. The first kappa shape index (κ1) is 17.6. The Morgan fingerprint density at radius 1 is 0.864 bits per heavy atom. The Morgan fingerprint density at radius 3 is 1.64 bits per heavy atom. The number of aliphatic hydroxyl groups is 2. The summed E-state index contributed by atoms with van der Waals surface area (Å²) < 4.78 is 12.4. The van der Waals surface area contributed by atoms with Crippen molar-refractivity contribution in [2.24, 2.45) is 11.8 Å². The van der Waals surface area contributed by atoms with Crippen LogP contribution in [-0.4, -0.2) is 57.5 Å². The molecule has 4 rings (SSSR count). The smallest absolute Gasteiger partial charge is 0.0870 e. The molecular formula is C16H26Br2O4. The van der Waals surface area contributed by atoms with Crippen LogP contribution in [0.2, 0.25) is 0 Å². The van der Waals surface area contributed by atoms with Crippen LogP contribution in [0.4, 0.5) is 0 Å². The minimum Gasteiger partial charge on any atom is -0.390 e. The molecule has 4 aliphatic carbocycles. The van der Waals surface area contributed by atoms with Gasteiger partial charge < -0.3 is 19.7 Å². The van der Waals surface area contributed by atoms with Crippen molar-refractivity contribution >= 4 is 31.9 Å². The molecule has 2 atom stereocenters. The lowest BCUT2D eigenvalue weighted by Crippen LogP contribution is -2.61. The number of rotatable bonds is 8. The van der Waals surface area contributed by atoms with Crippen molar-refractivity contribution in [2.45, 2.75) is 61.9 Å². The Balaban J connectivity index is 1.67. The van der Waals surface area contributed by atoms with Gasteiger partial charge in [-0.05, 0) is 43.9 Å². The minimum absolute atomic E-state index is 0.118. The van der Waals surface area contributed by atoms with Gasteiger partial charge in [-0.1, -0.05) is 31.9 Å². The number of alkyl halides is 2. The molecule has 0 aromatic carbocycles. The highest BCUT2D eigenvalue weighted by molar-refractivity contribution is 9.09. The lowest BCUT2D eigenvalue weighted by molar-refractivity contribution is -0.245. The van der Waals surface area contributed by atoms with Crippen molar-refractivity contribution in [1.29, 1.82) is 0 Å². The molecule has 0 saturated heterocycles. The number of hydrogen-bond acceptors (Lipinski definition) is 4. The normalized spacial score (nSPS) is 42.5. The van der Waals surface area contributed by atoms with Crippen molar-refractivity contribution in [1.82, 2.24) is 0 Å². The summed E-state index contributed by atoms with van der Waals surface area (Å²) in [6, 6.07) is 0.